The van der Waals surface area contributed by atoms with Gasteiger partial charge in [-0.2, -0.15) is 0 Å². The van der Waals surface area contributed by atoms with Crippen molar-refractivity contribution < 1.29 is 4.79 Å². The van der Waals surface area contributed by atoms with E-state index in [-0.39, 0.29) is 11.7 Å². The summed E-state index contributed by atoms with van der Waals surface area (Å²) in [7, 11) is 0. The van der Waals surface area contributed by atoms with E-state index in [2.05, 4.69) is 51.7 Å². The van der Waals surface area contributed by atoms with E-state index in [0.29, 0.717) is 16.2 Å². The lowest BCUT2D eigenvalue weighted by atomic mass is 10.0. The van der Waals surface area contributed by atoms with E-state index in [4.69, 9.17) is 0 Å². The zero-order valence-corrected chi connectivity index (χ0v) is 14.8. The summed E-state index contributed by atoms with van der Waals surface area (Å²) < 4.78 is 1.87. The summed E-state index contributed by atoms with van der Waals surface area (Å²) in [5, 5.41) is 19.4. The van der Waals surface area contributed by atoms with Gasteiger partial charge in [-0.1, -0.05) is 49.1 Å². The Hall–Kier alpha value is -2.26. The number of aromatic nitrogens is 5. The van der Waals surface area contributed by atoms with Gasteiger partial charge in [-0.05, 0) is 23.6 Å². The molecule has 124 valence electrons. The molecule has 3 rings (SSSR count). The number of carbonyl (C=O) groups excluding carboxylic acids is 1. The number of amides is 1. The lowest BCUT2D eigenvalue weighted by Crippen LogP contribution is -2.14. The van der Waals surface area contributed by atoms with Crippen molar-refractivity contribution in [3.05, 3.63) is 41.7 Å². The van der Waals surface area contributed by atoms with Gasteiger partial charge in [-0.25, -0.2) is 0 Å². The van der Waals surface area contributed by atoms with E-state index in [1.165, 1.54) is 28.7 Å². The number of rotatable bonds is 6. The topological polar surface area (TPSA) is 85.6 Å². The van der Waals surface area contributed by atoms with Crippen molar-refractivity contribution in [1.82, 2.24) is 25.0 Å². The highest BCUT2D eigenvalue weighted by molar-refractivity contribution is 7.99. The highest BCUT2D eigenvalue weighted by Gasteiger charge is 2.11. The van der Waals surface area contributed by atoms with Gasteiger partial charge >= 0.3 is 0 Å². The molecule has 0 atom stereocenters. The second-order valence-corrected chi connectivity index (χ2v) is 7.09. The maximum absolute atomic E-state index is 11.9. The molecule has 0 saturated heterocycles. The Bertz CT molecular complexity index is 798. The molecule has 1 N–H and O–H groups in total. The van der Waals surface area contributed by atoms with Gasteiger partial charge < -0.3 is 0 Å². The van der Waals surface area contributed by atoms with Gasteiger partial charge in [0, 0.05) is 5.69 Å². The predicted octanol–water partition coefficient (Wildman–Crippen LogP) is 2.97. The average molecular weight is 360 g/mol. The summed E-state index contributed by atoms with van der Waals surface area (Å²) in [6, 6.07) is 8.25. The quantitative estimate of drug-likeness (QED) is 0.680. The van der Waals surface area contributed by atoms with Crippen molar-refractivity contribution in [2.75, 3.05) is 11.1 Å². The fraction of sp³-hybridized carbons (Fsp3) is 0.267. The Kier molecular flexibility index (Phi) is 5.21. The van der Waals surface area contributed by atoms with Gasteiger partial charge in [-0.15, -0.1) is 20.4 Å². The van der Waals surface area contributed by atoms with Crippen LogP contribution in [-0.2, 0) is 4.79 Å². The number of benzene rings is 1. The molecule has 0 aliphatic rings. The standard InChI is InChI=1S/C15H16N6OS2/c1-10(2)11-3-5-12(6-4-11)21-8-16-20-15(21)23-7-13(22)18-14-19-17-9-24-14/h3-6,8-10H,7H2,1-2H3,(H,18,19,22). The second kappa shape index (κ2) is 7.54. The number of nitrogens with one attached hydrogen (secondary N) is 1. The first-order chi connectivity index (χ1) is 11.6. The van der Waals surface area contributed by atoms with Crippen LogP contribution >= 0.6 is 23.1 Å². The first kappa shape index (κ1) is 16.6. The minimum absolute atomic E-state index is 0.151. The molecule has 2 aromatic heterocycles. The predicted molar refractivity (Wildman–Crippen MR) is 94.7 cm³/mol. The Labute approximate surface area is 147 Å². The van der Waals surface area contributed by atoms with E-state index < -0.39 is 0 Å². The molecule has 1 aromatic carbocycles. The SMILES string of the molecule is CC(C)c1ccc(-n2cnnc2SCC(=O)Nc2nncs2)cc1. The third kappa shape index (κ3) is 3.98. The normalized spacial score (nSPS) is 11.0. The smallest absolute Gasteiger partial charge is 0.236 e. The lowest BCUT2D eigenvalue weighted by Gasteiger charge is -2.09. The number of nitrogens with zero attached hydrogens (tertiary/aromatic N) is 5. The molecule has 7 nitrogen and oxygen atoms in total. The molecular weight excluding hydrogens is 344 g/mol. The second-order valence-electron chi connectivity index (χ2n) is 5.31. The Balaban J connectivity index is 1.65. The molecule has 1 amide bonds. The van der Waals surface area contributed by atoms with Crippen LogP contribution in [-0.4, -0.2) is 36.6 Å². The van der Waals surface area contributed by atoms with Crippen molar-refractivity contribution >= 4 is 34.1 Å². The van der Waals surface area contributed by atoms with Gasteiger partial charge in [0.1, 0.15) is 11.8 Å². The van der Waals surface area contributed by atoms with Crippen LogP contribution in [0.15, 0.2) is 41.3 Å². The fourth-order valence-electron chi connectivity index (χ4n) is 2.03. The highest BCUT2D eigenvalue weighted by atomic mass is 32.2. The van der Waals surface area contributed by atoms with Crippen LogP contribution in [0.5, 0.6) is 0 Å². The number of hydrogen-bond acceptors (Lipinski definition) is 7. The van der Waals surface area contributed by atoms with Crippen LogP contribution in [0.3, 0.4) is 0 Å². The van der Waals surface area contributed by atoms with Gasteiger partial charge in [0.2, 0.25) is 11.0 Å². The zero-order valence-electron chi connectivity index (χ0n) is 13.2. The monoisotopic (exact) mass is 360 g/mol. The van der Waals surface area contributed by atoms with Crippen LogP contribution in [0.1, 0.15) is 25.3 Å². The fourth-order valence-corrected chi connectivity index (χ4v) is 3.22. The third-order valence-electron chi connectivity index (χ3n) is 3.29. The number of carbonyl (C=O) groups is 1. The van der Waals surface area contributed by atoms with E-state index in [9.17, 15) is 4.79 Å². The summed E-state index contributed by atoms with van der Waals surface area (Å²) in [5.74, 6) is 0.557. The molecule has 0 fully saturated rings. The van der Waals surface area contributed by atoms with Crippen LogP contribution in [0.2, 0.25) is 0 Å². The summed E-state index contributed by atoms with van der Waals surface area (Å²) in [5.41, 5.74) is 3.81. The molecule has 0 spiro atoms. The Morgan fingerprint density at radius 1 is 1.25 bits per heavy atom. The van der Waals surface area contributed by atoms with Crippen molar-refractivity contribution in [2.24, 2.45) is 0 Å². The van der Waals surface area contributed by atoms with Crippen LogP contribution < -0.4 is 5.32 Å². The molecule has 0 radical (unpaired) electrons. The van der Waals surface area contributed by atoms with E-state index in [1.807, 2.05) is 16.7 Å². The van der Waals surface area contributed by atoms with Gasteiger partial charge in [0.25, 0.3) is 0 Å². The molecule has 2 heterocycles. The molecule has 0 unspecified atom stereocenters. The first-order valence-electron chi connectivity index (χ1n) is 7.32. The maximum atomic E-state index is 11.9. The van der Waals surface area contributed by atoms with Gasteiger partial charge in [-0.3, -0.25) is 14.7 Å². The Morgan fingerprint density at radius 2 is 2.04 bits per heavy atom. The molecule has 0 bridgehead atoms. The molecule has 3 aromatic rings. The number of thioether (sulfide) groups is 1. The molecule has 24 heavy (non-hydrogen) atoms. The highest BCUT2D eigenvalue weighted by Crippen LogP contribution is 2.22. The molecule has 9 heteroatoms. The minimum Gasteiger partial charge on any atom is -0.300 e. The molecular formula is C15H16N6OS2. The zero-order chi connectivity index (χ0) is 16.9. The van der Waals surface area contributed by atoms with E-state index in [1.54, 1.807) is 11.8 Å². The maximum Gasteiger partial charge on any atom is 0.236 e. The third-order valence-corrected chi connectivity index (χ3v) is 4.84. The van der Waals surface area contributed by atoms with Crippen molar-refractivity contribution in [2.45, 2.75) is 24.9 Å². The van der Waals surface area contributed by atoms with Crippen molar-refractivity contribution in [3.63, 3.8) is 0 Å². The van der Waals surface area contributed by atoms with Crippen molar-refractivity contribution in [3.8, 4) is 5.69 Å². The lowest BCUT2D eigenvalue weighted by molar-refractivity contribution is -0.113. The Morgan fingerprint density at radius 3 is 2.71 bits per heavy atom. The summed E-state index contributed by atoms with van der Waals surface area (Å²) in [6.45, 7) is 4.32. The van der Waals surface area contributed by atoms with Crippen LogP contribution in [0, 0.1) is 0 Å². The number of hydrogen-bond donors (Lipinski definition) is 1. The summed E-state index contributed by atoms with van der Waals surface area (Å²) in [6.07, 6.45) is 1.65. The largest absolute Gasteiger partial charge is 0.300 e. The van der Waals surface area contributed by atoms with Gasteiger partial charge in [0.05, 0.1) is 5.75 Å². The van der Waals surface area contributed by atoms with E-state index >= 15 is 0 Å². The van der Waals surface area contributed by atoms with E-state index in [0.717, 1.165) is 5.69 Å². The summed E-state index contributed by atoms with van der Waals surface area (Å²) >= 11 is 2.60. The first-order valence-corrected chi connectivity index (χ1v) is 9.19. The molecule has 0 aliphatic carbocycles. The molecule has 0 saturated carbocycles. The summed E-state index contributed by atoms with van der Waals surface area (Å²) in [4.78, 5) is 11.9. The van der Waals surface area contributed by atoms with Crippen LogP contribution in [0.25, 0.3) is 5.69 Å². The average Bonchev–Trinajstić information content (AvgIpc) is 3.24. The van der Waals surface area contributed by atoms with Gasteiger partial charge in [0.15, 0.2) is 5.16 Å². The molecule has 0 aliphatic heterocycles. The van der Waals surface area contributed by atoms with Crippen LogP contribution in [0.4, 0.5) is 5.13 Å². The number of anilines is 1. The minimum atomic E-state index is -0.151. The van der Waals surface area contributed by atoms with Crippen molar-refractivity contribution in [1.29, 1.82) is 0 Å².